The Morgan fingerprint density at radius 3 is 2.67 bits per heavy atom. The number of carbonyl (C=O) groups is 2. The summed E-state index contributed by atoms with van der Waals surface area (Å²) in [6.07, 6.45) is 5.57. The largest absolute Gasteiger partial charge is 0.493 e. The maximum atomic E-state index is 13.4. The van der Waals surface area contributed by atoms with Crippen LogP contribution in [0.5, 0.6) is 11.5 Å². The SMILES string of the molecule is Cc1cccc(OCCCC(=O)N2CCCOc3c(-c4cnn(Cc5cccc(C(=O)NCC[N+](C)(C)C)c5)c4)cccc32)c1C. The van der Waals surface area contributed by atoms with Gasteiger partial charge in [0.05, 0.1) is 65.9 Å². The first kappa shape index (κ1) is 32.8. The van der Waals surface area contributed by atoms with Crippen molar-refractivity contribution in [3.8, 4) is 22.6 Å². The fourth-order valence-electron chi connectivity index (χ4n) is 5.51. The molecule has 0 aliphatic carbocycles. The number of ether oxygens (including phenoxy) is 2. The number of likely N-dealkylation sites (N-methyl/N-ethyl adjacent to an activating group) is 1. The minimum atomic E-state index is -0.0754. The summed E-state index contributed by atoms with van der Waals surface area (Å²) >= 11 is 0. The van der Waals surface area contributed by atoms with Gasteiger partial charge in [-0.3, -0.25) is 14.3 Å². The van der Waals surface area contributed by atoms with Crippen LogP contribution in [0.4, 0.5) is 5.69 Å². The monoisotopic (exact) mass is 624 g/mol. The summed E-state index contributed by atoms with van der Waals surface area (Å²) in [6, 6.07) is 19.6. The molecule has 0 spiro atoms. The van der Waals surface area contributed by atoms with Gasteiger partial charge >= 0.3 is 0 Å². The molecule has 1 N–H and O–H groups in total. The zero-order valence-electron chi connectivity index (χ0n) is 27.7. The van der Waals surface area contributed by atoms with Crippen molar-refractivity contribution in [3.63, 3.8) is 0 Å². The van der Waals surface area contributed by atoms with E-state index in [1.54, 1.807) is 0 Å². The Kier molecular flexibility index (Phi) is 10.4. The lowest BCUT2D eigenvalue weighted by atomic mass is 10.1. The van der Waals surface area contributed by atoms with Gasteiger partial charge in [0.2, 0.25) is 5.91 Å². The van der Waals surface area contributed by atoms with Gasteiger partial charge in [-0.05, 0) is 67.6 Å². The minimum absolute atomic E-state index is 0.0607. The second kappa shape index (κ2) is 14.6. The topological polar surface area (TPSA) is 85.7 Å². The number of quaternary nitrogens is 1. The summed E-state index contributed by atoms with van der Waals surface area (Å²) in [7, 11) is 6.31. The number of aryl methyl sites for hydroxylation is 1. The summed E-state index contributed by atoms with van der Waals surface area (Å²) in [5.74, 6) is 1.56. The number of nitrogens with zero attached hydrogens (tertiary/aromatic N) is 4. The second-order valence-corrected chi connectivity index (χ2v) is 12.9. The van der Waals surface area contributed by atoms with Crippen molar-refractivity contribution in [2.75, 3.05) is 58.9 Å². The van der Waals surface area contributed by atoms with Crippen LogP contribution in [0.2, 0.25) is 0 Å². The van der Waals surface area contributed by atoms with Gasteiger partial charge in [-0.25, -0.2) is 0 Å². The van der Waals surface area contributed by atoms with Crippen LogP contribution in [0.25, 0.3) is 11.1 Å². The molecule has 0 radical (unpaired) electrons. The van der Waals surface area contributed by atoms with Crippen LogP contribution < -0.4 is 19.7 Å². The van der Waals surface area contributed by atoms with Crippen LogP contribution in [-0.4, -0.2) is 80.1 Å². The lowest BCUT2D eigenvalue weighted by molar-refractivity contribution is -0.869. The third-order valence-electron chi connectivity index (χ3n) is 8.25. The van der Waals surface area contributed by atoms with Gasteiger partial charge in [-0.2, -0.15) is 5.10 Å². The molecule has 2 heterocycles. The van der Waals surface area contributed by atoms with Crippen molar-refractivity contribution in [1.29, 1.82) is 0 Å². The number of aromatic nitrogens is 2. The van der Waals surface area contributed by atoms with Crippen molar-refractivity contribution < 1.29 is 23.5 Å². The van der Waals surface area contributed by atoms with Crippen LogP contribution in [0.1, 0.15) is 46.3 Å². The molecular formula is C37H46N5O4+. The maximum absolute atomic E-state index is 13.4. The molecule has 0 bridgehead atoms. The third kappa shape index (κ3) is 8.34. The lowest BCUT2D eigenvalue weighted by Gasteiger charge is -2.23. The van der Waals surface area contributed by atoms with E-state index in [0.717, 1.165) is 51.1 Å². The van der Waals surface area contributed by atoms with E-state index >= 15 is 0 Å². The van der Waals surface area contributed by atoms with Gasteiger partial charge < -0.3 is 24.2 Å². The van der Waals surface area contributed by atoms with E-state index in [2.05, 4.69) is 51.5 Å². The summed E-state index contributed by atoms with van der Waals surface area (Å²) in [5, 5.41) is 7.63. The van der Waals surface area contributed by atoms with E-state index in [1.807, 2.05) is 76.6 Å². The molecule has 0 saturated heterocycles. The van der Waals surface area contributed by atoms with Gasteiger partial charge in [0.25, 0.3) is 5.91 Å². The number of hydrogen-bond acceptors (Lipinski definition) is 5. The number of benzene rings is 3. The van der Waals surface area contributed by atoms with Gasteiger partial charge in [-0.15, -0.1) is 0 Å². The number of rotatable bonds is 12. The number of hydrogen-bond donors (Lipinski definition) is 1. The third-order valence-corrected chi connectivity index (χ3v) is 8.25. The van der Waals surface area contributed by atoms with E-state index in [9.17, 15) is 9.59 Å². The molecule has 0 saturated carbocycles. The van der Waals surface area contributed by atoms with Gasteiger partial charge in [0, 0.05) is 35.9 Å². The van der Waals surface area contributed by atoms with Gasteiger partial charge in [0.1, 0.15) is 5.75 Å². The zero-order chi connectivity index (χ0) is 32.7. The van der Waals surface area contributed by atoms with E-state index < -0.39 is 0 Å². The molecule has 9 nitrogen and oxygen atoms in total. The van der Waals surface area contributed by atoms with Crippen molar-refractivity contribution in [2.45, 2.75) is 39.7 Å². The summed E-state index contributed by atoms with van der Waals surface area (Å²) in [5.41, 5.74) is 6.52. The highest BCUT2D eigenvalue weighted by atomic mass is 16.5. The molecule has 1 aliphatic heterocycles. The first-order valence-corrected chi connectivity index (χ1v) is 16.0. The molecule has 0 atom stereocenters. The highest BCUT2D eigenvalue weighted by Crippen LogP contribution is 2.40. The molecule has 5 rings (SSSR count). The molecule has 0 unspecified atom stereocenters. The van der Waals surface area contributed by atoms with Gasteiger partial charge in [0.15, 0.2) is 5.75 Å². The van der Waals surface area contributed by atoms with Crippen LogP contribution in [-0.2, 0) is 11.3 Å². The molecule has 1 aromatic heterocycles. The molecule has 9 heteroatoms. The average molecular weight is 625 g/mol. The Morgan fingerprint density at radius 2 is 1.85 bits per heavy atom. The van der Waals surface area contributed by atoms with Crippen LogP contribution in [0.3, 0.4) is 0 Å². The number of amides is 2. The number of anilines is 1. The standard InChI is InChI=1S/C37H45N5O4/c1-27-11-6-16-34(28(27)2)45-21-9-17-35(43)41-19-10-22-46-36-32(14-8-15-33(36)41)31-24-39-40(26-31)25-29-12-7-13-30(23-29)37(44)38-18-20-42(3,4)5/h6-8,11-16,23-24,26H,9-10,17-22,25H2,1-5H3/p+1. The molecule has 46 heavy (non-hydrogen) atoms. The first-order chi connectivity index (χ1) is 22.1. The smallest absolute Gasteiger partial charge is 0.251 e. The number of fused-ring (bicyclic) bond motifs is 1. The van der Waals surface area contributed by atoms with Crippen molar-refractivity contribution in [1.82, 2.24) is 15.1 Å². The lowest BCUT2D eigenvalue weighted by Crippen LogP contribution is -2.41. The van der Waals surface area contributed by atoms with E-state index in [0.29, 0.717) is 57.0 Å². The zero-order valence-corrected chi connectivity index (χ0v) is 27.7. The fourth-order valence-corrected chi connectivity index (χ4v) is 5.51. The van der Waals surface area contributed by atoms with E-state index in [1.165, 1.54) is 5.56 Å². The van der Waals surface area contributed by atoms with Crippen LogP contribution >= 0.6 is 0 Å². The van der Waals surface area contributed by atoms with E-state index in [4.69, 9.17) is 9.47 Å². The molecular weight excluding hydrogens is 578 g/mol. The number of nitrogens with one attached hydrogen (secondary N) is 1. The van der Waals surface area contributed by atoms with Crippen molar-refractivity contribution in [3.05, 3.63) is 95.3 Å². The highest BCUT2D eigenvalue weighted by molar-refractivity contribution is 5.97. The summed E-state index contributed by atoms with van der Waals surface area (Å²) in [4.78, 5) is 28.0. The highest BCUT2D eigenvalue weighted by Gasteiger charge is 2.25. The van der Waals surface area contributed by atoms with Crippen molar-refractivity contribution >= 4 is 17.5 Å². The molecule has 2 amide bonds. The minimum Gasteiger partial charge on any atom is -0.493 e. The van der Waals surface area contributed by atoms with E-state index in [-0.39, 0.29) is 11.8 Å². The summed E-state index contributed by atoms with van der Waals surface area (Å²) in [6.45, 7) is 7.72. The van der Waals surface area contributed by atoms with Crippen LogP contribution in [0.15, 0.2) is 73.1 Å². The Hall–Kier alpha value is -4.63. The van der Waals surface area contributed by atoms with Crippen LogP contribution in [0, 0.1) is 13.8 Å². The Labute approximate surface area is 272 Å². The molecule has 242 valence electrons. The molecule has 0 fully saturated rings. The summed E-state index contributed by atoms with van der Waals surface area (Å²) < 4.78 is 14.9. The Bertz CT molecular complexity index is 1670. The number of para-hydroxylation sites is 1. The predicted molar refractivity (Wildman–Crippen MR) is 182 cm³/mol. The molecule has 1 aliphatic rings. The quantitative estimate of drug-likeness (QED) is 0.163. The van der Waals surface area contributed by atoms with Crippen molar-refractivity contribution in [2.24, 2.45) is 0 Å². The average Bonchev–Trinajstić information content (AvgIpc) is 3.37. The number of carbonyl (C=O) groups excluding carboxylic acids is 2. The maximum Gasteiger partial charge on any atom is 0.251 e. The normalized spacial score (nSPS) is 13.0. The molecule has 3 aromatic carbocycles. The Balaban J connectivity index is 1.24. The predicted octanol–water partition coefficient (Wildman–Crippen LogP) is 5.63. The second-order valence-electron chi connectivity index (χ2n) is 12.9. The molecule has 4 aromatic rings. The fraction of sp³-hybridized carbons (Fsp3) is 0.378. The van der Waals surface area contributed by atoms with Gasteiger partial charge in [-0.1, -0.05) is 36.4 Å². The first-order valence-electron chi connectivity index (χ1n) is 16.0. The Morgan fingerprint density at radius 1 is 1.04 bits per heavy atom.